The predicted molar refractivity (Wildman–Crippen MR) is 81.8 cm³/mol. The van der Waals surface area contributed by atoms with Crippen molar-refractivity contribution >= 4 is 23.0 Å². The van der Waals surface area contributed by atoms with E-state index in [0.29, 0.717) is 0 Å². The van der Waals surface area contributed by atoms with Gasteiger partial charge < -0.3 is 10.1 Å². The van der Waals surface area contributed by atoms with Crippen LogP contribution in [0.15, 0.2) is 30.6 Å². The fourth-order valence-corrected chi connectivity index (χ4v) is 1.89. The lowest BCUT2D eigenvalue weighted by Gasteiger charge is -2.07. The highest BCUT2D eigenvalue weighted by Gasteiger charge is 2.13. The number of nitro benzene ring substituents is 1. The third kappa shape index (κ3) is 4.25. The van der Waals surface area contributed by atoms with Crippen LogP contribution in [0.4, 0.5) is 17.1 Å². The van der Waals surface area contributed by atoms with Crippen LogP contribution in [0.3, 0.4) is 0 Å². The molecule has 0 aliphatic heterocycles. The molecule has 1 aromatic heterocycles. The summed E-state index contributed by atoms with van der Waals surface area (Å²) in [6.45, 7) is 0.131. The lowest BCUT2D eigenvalue weighted by atomic mass is 10.2. The summed E-state index contributed by atoms with van der Waals surface area (Å²) in [7, 11) is 1.36. The summed E-state index contributed by atoms with van der Waals surface area (Å²) in [4.78, 5) is 32.1. The number of carbonyl (C=O) groups is 1. The number of rotatable bonds is 7. The van der Waals surface area contributed by atoms with Gasteiger partial charge in [0.25, 0.3) is 5.69 Å². The summed E-state index contributed by atoms with van der Waals surface area (Å²) >= 11 is 0. The SMILES string of the molecule is COc1cc(NC(=O)CCn2cc([N+](=O)[O-])cn2)cc([N+](=O)[O-])c1. The molecule has 11 nitrogen and oxygen atoms in total. The predicted octanol–water partition coefficient (Wildman–Crippen LogP) is 1.74. The summed E-state index contributed by atoms with van der Waals surface area (Å²) < 4.78 is 6.22. The fraction of sp³-hybridized carbons (Fsp3) is 0.231. The third-order valence-electron chi connectivity index (χ3n) is 3.02. The molecule has 0 saturated carbocycles. The van der Waals surface area contributed by atoms with Crippen LogP contribution < -0.4 is 10.1 Å². The van der Waals surface area contributed by atoms with Gasteiger partial charge in [-0.15, -0.1) is 0 Å². The van der Waals surface area contributed by atoms with Crippen molar-refractivity contribution < 1.29 is 19.4 Å². The number of hydrogen-bond acceptors (Lipinski definition) is 7. The van der Waals surface area contributed by atoms with Gasteiger partial charge in [0.2, 0.25) is 5.91 Å². The van der Waals surface area contributed by atoms with Gasteiger partial charge in [-0.25, -0.2) is 0 Å². The Bertz CT molecular complexity index is 787. The molecule has 0 fully saturated rings. The molecule has 0 saturated heterocycles. The fourth-order valence-electron chi connectivity index (χ4n) is 1.89. The molecule has 11 heteroatoms. The smallest absolute Gasteiger partial charge is 0.306 e. The summed E-state index contributed by atoms with van der Waals surface area (Å²) in [5.74, 6) is -0.182. The highest BCUT2D eigenvalue weighted by atomic mass is 16.6. The van der Waals surface area contributed by atoms with Crippen molar-refractivity contribution in [3.63, 3.8) is 0 Å². The van der Waals surface area contributed by atoms with Crippen LogP contribution in [0.1, 0.15) is 6.42 Å². The number of methoxy groups -OCH3 is 1. The van der Waals surface area contributed by atoms with E-state index in [9.17, 15) is 25.0 Å². The van der Waals surface area contributed by atoms with Gasteiger partial charge in [-0.05, 0) is 0 Å². The van der Waals surface area contributed by atoms with Crippen LogP contribution in [0.5, 0.6) is 5.75 Å². The monoisotopic (exact) mass is 335 g/mol. The molecule has 0 bridgehead atoms. The molecule has 24 heavy (non-hydrogen) atoms. The first-order valence-electron chi connectivity index (χ1n) is 6.69. The van der Waals surface area contributed by atoms with Crippen molar-refractivity contribution in [1.29, 1.82) is 0 Å². The lowest BCUT2D eigenvalue weighted by molar-refractivity contribution is -0.385. The maximum atomic E-state index is 11.9. The summed E-state index contributed by atoms with van der Waals surface area (Å²) in [5.41, 5.74) is -0.163. The number of nitrogens with zero attached hydrogens (tertiary/aromatic N) is 4. The van der Waals surface area contributed by atoms with E-state index in [0.717, 1.165) is 6.20 Å². The van der Waals surface area contributed by atoms with Gasteiger partial charge in [-0.2, -0.15) is 5.10 Å². The Morgan fingerprint density at radius 3 is 2.54 bits per heavy atom. The first-order chi connectivity index (χ1) is 11.4. The number of amides is 1. The summed E-state index contributed by atoms with van der Waals surface area (Å²) in [6, 6.07) is 3.89. The van der Waals surface area contributed by atoms with Gasteiger partial charge in [0, 0.05) is 25.1 Å². The first-order valence-corrected chi connectivity index (χ1v) is 6.69. The number of ether oxygens (including phenoxy) is 1. The molecule has 1 aromatic carbocycles. The second kappa shape index (κ2) is 7.17. The van der Waals surface area contributed by atoms with Crippen molar-refractivity contribution in [3.05, 3.63) is 50.8 Å². The van der Waals surface area contributed by atoms with E-state index in [2.05, 4.69) is 10.4 Å². The van der Waals surface area contributed by atoms with Crippen LogP contribution in [0.25, 0.3) is 0 Å². The molecule has 0 radical (unpaired) electrons. The van der Waals surface area contributed by atoms with Crippen molar-refractivity contribution in [2.24, 2.45) is 0 Å². The molecule has 2 aromatic rings. The highest BCUT2D eigenvalue weighted by molar-refractivity contribution is 5.91. The summed E-state index contributed by atoms with van der Waals surface area (Å²) in [6.07, 6.45) is 2.29. The summed E-state index contributed by atoms with van der Waals surface area (Å²) in [5, 5.41) is 27.7. The second-order valence-corrected chi connectivity index (χ2v) is 4.69. The molecule has 0 aliphatic rings. The van der Waals surface area contributed by atoms with Crippen molar-refractivity contribution in [3.8, 4) is 5.75 Å². The number of non-ortho nitro benzene ring substituents is 1. The molecule has 2 rings (SSSR count). The average Bonchev–Trinajstić information content (AvgIpc) is 3.01. The third-order valence-corrected chi connectivity index (χ3v) is 3.02. The van der Waals surface area contributed by atoms with E-state index in [1.807, 2.05) is 0 Å². The number of benzene rings is 1. The van der Waals surface area contributed by atoms with E-state index in [4.69, 9.17) is 4.74 Å². The van der Waals surface area contributed by atoms with Gasteiger partial charge in [0.1, 0.15) is 18.1 Å². The maximum absolute atomic E-state index is 11.9. The number of aromatic nitrogens is 2. The molecule has 126 valence electrons. The minimum absolute atomic E-state index is 0.0101. The quantitative estimate of drug-likeness (QED) is 0.599. The van der Waals surface area contributed by atoms with Gasteiger partial charge >= 0.3 is 5.69 Å². The largest absolute Gasteiger partial charge is 0.496 e. The molecule has 1 heterocycles. The Hall–Kier alpha value is -3.50. The van der Waals surface area contributed by atoms with Gasteiger partial charge in [0.15, 0.2) is 0 Å². The zero-order chi connectivity index (χ0) is 17.7. The number of nitrogens with one attached hydrogen (secondary N) is 1. The first kappa shape index (κ1) is 16.9. The van der Waals surface area contributed by atoms with Crippen LogP contribution in [-0.2, 0) is 11.3 Å². The topological polar surface area (TPSA) is 142 Å². The molecule has 0 spiro atoms. The van der Waals surface area contributed by atoms with Crippen LogP contribution >= 0.6 is 0 Å². The van der Waals surface area contributed by atoms with Gasteiger partial charge in [-0.3, -0.25) is 29.7 Å². The zero-order valence-corrected chi connectivity index (χ0v) is 12.5. The molecule has 1 amide bonds. The Morgan fingerprint density at radius 2 is 1.96 bits per heavy atom. The van der Waals surface area contributed by atoms with E-state index in [1.165, 1.54) is 36.2 Å². The van der Waals surface area contributed by atoms with Crippen LogP contribution in [0.2, 0.25) is 0 Å². The van der Waals surface area contributed by atoms with Crippen molar-refractivity contribution in [2.45, 2.75) is 13.0 Å². The maximum Gasteiger partial charge on any atom is 0.306 e. The molecule has 0 unspecified atom stereocenters. The van der Waals surface area contributed by atoms with Crippen LogP contribution in [-0.4, -0.2) is 32.6 Å². The standard InChI is InChI=1S/C13H13N5O6/c1-24-12-5-9(4-10(6-12)17(20)21)15-13(19)2-3-16-8-11(7-14-16)18(22)23/h4-8H,2-3H2,1H3,(H,15,19). The molecular formula is C13H13N5O6. The number of hydrogen-bond donors (Lipinski definition) is 1. The van der Waals surface area contributed by atoms with E-state index >= 15 is 0 Å². The van der Waals surface area contributed by atoms with Crippen molar-refractivity contribution in [2.75, 3.05) is 12.4 Å². The van der Waals surface area contributed by atoms with Crippen LogP contribution in [0, 0.1) is 20.2 Å². The van der Waals surface area contributed by atoms with E-state index < -0.39 is 15.8 Å². The minimum Gasteiger partial charge on any atom is -0.496 e. The number of nitro groups is 2. The second-order valence-electron chi connectivity index (χ2n) is 4.69. The number of aryl methyl sites for hydroxylation is 1. The minimum atomic E-state index is -0.596. The highest BCUT2D eigenvalue weighted by Crippen LogP contribution is 2.25. The zero-order valence-electron chi connectivity index (χ0n) is 12.5. The molecule has 0 aliphatic carbocycles. The molecule has 0 atom stereocenters. The Balaban J connectivity index is 1.99. The van der Waals surface area contributed by atoms with Gasteiger partial charge in [0.05, 0.1) is 28.7 Å². The number of anilines is 1. The molecular weight excluding hydrogens is 322 g/mol. The Labute approximate surface area is 135 Å². The normalized spacial score (nSPS) is 10.2. The molecule has 1 N–H and O–H groups in total. The van der Waals surface area contributed by atoms with Gasteiger partial charge in [-0.1, -0.05) is 0 Å². The number of carbonyl (C=O) groups excluding carboxylic acids is 1. The van der Waals surface area contributed by atoms with E-state index in [-0.39, 0.29) is 35.8 Å². The Morgan fingerprint density at radius 1 is 1.25 bits per heavy atom. The van der Waals surface area contributed by atoms with Crippen molar-refractivity contribution in [1.82, 2.24) is 9.78 Å². The van der Waals surface area contributed by atoms with E-state index in [1.54, 1.807) is 0 Å². The lowest BCUT2D eigenvalue weighted by Crippen LogP contribution is -2.15. The average molecular weight is 335 g/mol. The Kier molecular flexibility index (Phi) is 5.04.